The van der Waals surface area contributed by atoms with Crippen molar-refractivity contribution in [2.45, 2.75) is 0 Å². The van der Waals surface area contributed by atoms with E-state index in [-0.39, 0.29) is 0 Å². The van der Waals surface area contributed by atoms with Gasteiger partial charge in [-0.15, -0.1) is 22.7 Å². The fourth-order valence-electron chi connectivity index (χ4n) is 8.69. The van der Waals surface area contributed by atoms with E-state index in [9.17, 15) is 0 Å². The van der Waals surface area contributed by atoms with E-state index in [1.54, 1.807) is 0 Å². The third-order valence-corrected chi connectivity index (χ3v) is 13.2. The Labute approximate surface area is 306 Å². The minimum absolute atomic E-state index is 1.18. The Morgan fingerprint density at radius 2 is 0.654 bits per heavy atom. The second-order valence-corrected chi connectivity index (χ2v) is 15.8. The Morgan fingerprint density at radius 3 is 1.13 bits per heavy atom. The average molecular weight is 697 g/mol. The lowest BCUT2D eigenvalue weighted by Crippen LogP contribution is -2.01. The summed E-state index contributed by atoms with van der Waals surface area (Å²) in [5.41, 5.74) is 9.64. The summed E-state index contributed by atoms with van der Waals surface area (Å²) >= 11 is 3.76. The molecule has 8 aromatic carbocycles. The number of rotatable bonds is 3. The van der Waals surface area contributed by atoms with Crippen LogP contribution in [-0.4, -0.2) is 9.13 Å². The van der Waals surface area contributed by atoms with Gasteiger partial charge in [-0.1, -0.05) is 109 Å². The van der Waals surface area contributed by atoms with Crippen molar-refractivity contribution >= 4 is 107 Å². The van der Waals surface area contributed by atoms with E-state index in [1.807, 2.05) is 22.7 Å². The molecule has 0 saturated carbocycles. The van der Waals surface area contributed by atoms with Gasteiger partial charge >= 0.3 is 0 Å². The summed E-state index contributed by atoms with van der Waals surface area (Å²) in [4.78, 5) is 0. The van der Waals surface area contributed by atoms with Gasteiger partial charge in [-0.3, -0.25) is 0 Å². The molecule has 0 spiro atoms. The van der Waals surface area contributed by atoms with Crippen LogP contribution in [0.4, 0.5) is 0 Å². The molecule has 0 fully saturated rings. The van der Waals surface area contributed by atoms with E-state index in [0.29, 0.717) is 0 Å². The van der Waals surface area contributed by atoms with E-state index in [4.69, 9.17) is 0 Å². The highest BCUT2D eigenvalue weighted by atomic mass is 32.1. The van der Waals surface area contributed by atoms with Crippen molar-refractivity contribution in [3.63, 3.8) is 0 Å². The summed E-state index contributed by atoms with van der Waals surface area (Å²) in [6.45, 7) is 0. The Bertz CT molecular complexity index is 3190. The summed E-state index contributed by atoms with van der Waals surface area (Å²) < 4.78 is 10.3. The number of aromatic nitrogens is 2. The third-order valence-electron chi connectivity index (χ3n) is 10.9. The molecule has 0 aliphatic heterocycles. The maximum absolute atomic E-state index is 2.49. The first-order valence-electron chi connectivity index (χ1n) is 17.7. The lowest BCUT2D eigenvalue weighted by molar-refractivity contribution is 1.16. The Hall–Kier alpha value is -6.20. The van der Waals surface area contributed by atoms with Crippen LogP contribution in [0.5, 0.6) is 0 Å². The molecule has 0 N–H and O–H groups in total. The Morgan fingerprint density at radius 1 is 0.269 bits per heavy atom. The standard InChI is InChI=1S/C48H28N2S2/c1-7-19-39(49-41-21-9-3-15-31(41)35-25-37-33-17-5-11-23-45(33)51-47(37)27-43(35)49)29(13-1)30-14-2-8-20-40(30)50-42-22-10-4-16-32(42)36-26-38-34-18-6-12-24-46(34)52-48(38)28-44(36)50/h1-28H. The smallest absolute Gasteiger partial charge is 0.0555 e. The molecule has 52 heavy (non-hydrogen) atoms. The lowest BCUT2D eigenvalue weighted by Gasteiger charge is -2.18. The number of hydrogen-bond donors (Lipinski definition) is 0. The van der Waals surface area contributed by atoms with Crippen molar-refractivity contribution in [2.24, 2.45) is 0 Å². The van der Waals surface area contributed by atoms with Crippen LogP contribution in [0.15, 0.2) is 170 Å². The minimum Gasteiger partial charge on any atom is -0.309 e. The molecule has 12 aromatic rings. The zero-order chi connectivity index (χ0) is 33.9. The molecule has 4 heteroatoms. The van der Waals surface area contributed by atoms with Crippen molar-refractivity contribution in [3.8, 4) is 22.5 Å². The Balaban J connectivity index is 1.15. The number of nitrogens with zero attached hydrogens (tertiary/aromatic N) is 2. The summed E-state index contributed by atoms with van der Waals surface area (Å²) in [5.74, 6) is 0. The molecular weight excluding hydrogens is 669 g/mol. The number of hydrogen-bond acceptors (Lipinski definition) is 2. The summed E-state index contributed by atoms with van der Waals surface area (Å²) in [6.07, 6.45) is 0. The molecule has 0 radical (unpaired) electrons. The maximum Gasteiger partial charge on any atom is 0.0555 e. The van der Waals surface area contributed by atoms with E-state index < -0.39 is 0 Å². The first-order chi connectivity index (χ1) is 25.8. The molecule has 0 aliphatic carbocycles. The fraction of sp³-hybridized carbons (Fsp3) is 0. The average Bonchev–Trinajstić information content (AvgIpc) is 3.93. The number of para-hydroxylation sites is 4. The molecule has 0 unspecified atom stereocenters. The number of fused-ring (bicyclic) bond motifs is 12. The first-order valence-corrected chi connectivity index (χ1v) is 19.3. The topological polar surface area (TPSA) is 9.86 Å². The van der Waals surface area contributed by atoms with Crippen molar-refractivity contribution in [1.82, 2.24) is 9.13 Å². The zero-order valence-corrected chi connectivity index (χ0v) is 29.5. The quantitative estimate of drug-likeness (QED) is 0.174. The first kappa shape index (κ1) is 28.5. The summed E-state index contributed by atoms with van der Waals surface area (Å²) in [5, 5.41) is 10.4. The maximum atomic E-state index is 2.49. The molecule has 0 atom stereocenters. The molecule has 0 amide bonds. The fourth-order valence-corrected chi connectivity index (χ4v) is 10.9. The molecule has 0 saturated heterocycles. The van der Waals surface area contributed by atoms with Crippen molar-refractivity contribution < 1.29 is 0 Å². The highest BCUT2D eigenvalue weighted by Crippen LogP contribution is 2.45. The van der Waals surface area contributed by atoms with E-state index in [1.165, 1.54) is 106 Å². The normalized spacial score (nSPS) is 12.2. The summed E-state index contributed by atoms with van der Waals surface area (Å²) in [7, 11) is 0. The molecule has 12 rings (SSSR count). The molecule has 242 valence electrons. The van der Waals surface area contributed by atoms with Gasteiger partial charge in [0.1, 0.15) is 0 Å². The SMILES string of the molecule is c1ccc(-n2c3ccccc3c3cc4c(cc32)sc2ccccc24)c(-c2ccccc2-n2c3ccccc3c3cc4c(cc32)sc2ccccc24)c1. The van der Waals surface area contributed by atoms with Gasteiger partial charge in [0.05, 0.1) is 33.4 Å². The van der Waals surface area contributed by atoms with Gasteiger partial charge < -0.3 is 9.13 Å². The van der Waals surface area contributed by atoms with Crippen LogP contribution >= 0.6 is 22.7 Å². The van der Waals surface area contributed by atoms with E-state index >= 15 is 0 Å². The van der Waals surface area contributed by atoms with Crippen LogP contribution in [0.25, 0.3) is 106 Å². The predicted octanol–water partition coefficient (Wildman–Crippen LogP) is 14.3. The van der Waals surface area contributed by atoms with Crippen molar-refractivity contribution in [1.29, 1.82) is 0 Å². The van der Waals surface area contributed by atoms with Crippen LogP contribution in [0.3, 0.4) is 0 Å². The predicted molar refractivity (Wildman–Crippen MR) is 226 cm³/mol. The molecule has 0 bridgehead atoms. The third kappa shape index (κ3) is 3.88. The molecule has 4 aromatic heterocycles. The molecule has 4 heterocycles. The zero-order valence-electron chi connectivity index (χ0n) is 27.9. The van der Waals surface area contributed by atoms with E-state index in [0.717, 1.165) is 0 Å². The van der Waals surface area contributed by atoms with Crippen LogP contribution in [-0.2, 0) is 0 Å². The van der Waals surface area contributed by atoms with Gasteiger partial charge in [0, 0.05) is 73.0 Å². The Kier molecular flexibility index (Phi) is 5.84. The van der Waals surface area contributed by atoms with Crippen LogP contribution in [0.2, 0.25) is 0 Å². The lowest BCUT2D eigenvalue weighted by atomic mass is 10.0. The summed E-state index contributed by atoms with van der Waals surface area (Å²) in [6, 6.07) is 62.9. The van der Waals surface area contributed by atoms with Gasteiger partial charge in [0.25, 0.3) is 0 Å². The van der Waals surface area contributed by atoms with Gasteiger partial charge in [0.15, 0.2) is 0 Å². The van der Waals surface area contributed by atoms with Gasteiger partial charge in [0.2, 0.25) is 0 Å². The molecule has 0 aliphatic rings. The highest BCUT2D eigenvalue weighted by molar-refractivity contribution is 7.26. The number of benzene rings is 8. The van der Waals surface area contributed by atoms with Crippen molar-refractivity contribution in [2.75, 3.05) is 0 Å². The second-order valence-electron chi connectivity index (χ2n) is 13.7. The minimum atomic E-state index is 1.18. The number of thiophene rings is 2. The van der Waals surface area contributed by atoms with Crippen LogP contribution < -0.4 is 0 Å². The van der Waals surface area contributed by atoms with Crippen molar-refractivity contribution in [3.05, 3.63) is 170 Å². The van der Waals surface area contributed by atoms with Crippen LogP contribution in [0, 0.1) is 0 Å². The van der Waals surface area contributed by atoms with Gasteiger partial charge in [-0.2, -0.15) is 0 Å². The molecular formula is C48H28N2S2. The monoisotopic (exact) mass is 696 g/mol. The van der Waals surface area contributed by atoms with Crippen LogP contribution in [0.1, 0.15) is 0 Å². The second kappa shape index (κ2) is 10.7. The highest BCUT2D eigenvalue weighted by Gasteiger charge is 2.21. The largest absolute Gasteiger partial charge is 0.309 e. The van der Waals surface area contributed by atoms with Gasteiger partial charge in [-0.05, 0) is 60.7 Å². The molecule has 2 nitrogen and oxygen atoms in total. The van der Waals surface area contributed by atoms with Gasteiger partial charge in [-0.25, -0.2) is 0 Å². The van der Waals surface area contributed by atoms with E-state index in [2.05, 4.69) is 179 Å².